The van der Waals surface area contributed by atoms with E-state index in [9.17, 15) is 0 Å². The molecule has 0 bridgehead atoms. The Labute approximate surface area is 98.2 Å². The zero-order chi connectivity index (χ0) is 11.7. The molecule has 0 N–H and O–H groups in total. The van der Waals surface area contributed by atoms with Gasteiger partial charge < -0.3 is 4.52 Å². The molecule has 1 aliphatic rings. The Morgan fingerprint density at radius 3 is 2.88 bits per heavy atom. The van der Waals surface area contributed by atoms with Crippen LogP contribution in [0.15, 0.2) is 4.52 Å². The molecule has 1 saturated carbocycles. The number of tetrazole rings is 1. The van der Waals surface area contributed by atoms with Gasteiger partial charge in [-0.05, 0) is 23.3 Å². The first kappa shape index (κ1) is 10.4. The molecule has 0 aromatic carbocycles. The van der Waals surface area contributed by atoms with Crippen LogP contribution in [0.5, 0.6) is 0 Å². The maximum absolute atomic E-state index is 4.94. The molecule has 1 aliphatic carbocycles. The third-order valence-electron chi connectivity index (χ3n) is 3.14. The first-order valence-electron chi connectivity index (χ1n) is 5.88. The molecule has 0 spiro atoms. The standard InChI is InChI=1S/C10H14N6O/c1-7-11-9(13-17-7)6-16-10(12-14-15-16)8-4-2-3-5-8/h8H,2-6H2,1H3. The van der Waals surface area contributed by atoms with Crippen molar-refractivity contribution in [1.82, 2.24) is 30.3 Å². The minimum Gasteiger partial charge on any atom is -0.340 e. The van der Waals surface area contributed by atoms with Gasteiger partial charge in [-0.25, -0.2) is 4.68 Å². The number of nitrogens with zero attached hydrogens (tertiary/aromatic N) is 6. The number of hydrogen-bond acceptors (Lipinski definition) is 6. The Hall–Kier alpha value is -1.79. The molecule has 2 heterocycles. The molecule has 17 heavy (non-hydrogen) atoms. The van der Waals surface area contributed by atoms with Crippen molar-refractivity contribution >= 4 is 0 Å². The maximum Gasteiger partial charge on any atom is 0.223 e. The zero-order valence-corrected chi connectivity index (χ0v) is 9.70. The second-order valence-electron chi connectivity index (χ2n) is 4.41. The van der Waals surface area contributed by atoms with Crippen molar-refractivity contribution in [3.63, 3.8) is 0 Å². The van der Waals surface area contributed by atoms with Crippen molar-refractivity contribution in [3.05, 3.63) is 17.5 Å². The Morgan fingerprint density at radius 1 is 1.35 bits per heavy atom. The topological polar surface area (TPSA) is 82.5 Å². The summed E-state index contributed by atoms with van der Waals surface area (Å²) >= 11 is 0. The summed E-state index contributed by atoms with van der Waals surface area (Å²) in [6, 6.07) is 0. The lowest BCUT2D eigenvalue weighted by molar-refractivity contribution is 0.384. The summed E-state index contributed by atoms with van der Waals surface area (Å²) in [5, 5.41) is 15.7. The van der Waals surface area contributed by atoms with Gasteiger partial charge in [-0.3, -0.25) is 0 Å². The van der Waals surface area contributed by atoms with Crippen molar-refractivity contribution in [2.24, 2.45) is 0 Å². The van der Waals surface area contributed by atoms with Crippen LogP contribution in [0.1, 0.15) is 49.1 Å². The van der Waals surface area contributed by atoms with Gasteiger partial charge in [0.1, 0.15) is 6.54 Å². The lowest BCUT2D eigenvalue weighted by Gasteiger charge is -2.07. The molecular formula is C10H14N6O. The van der Waals surface area contributed by atoms with Gasteiger partial charge >= 0.3 is 0 Å². The van der Waals surface area contributed by atoms with E-state index in [2.05, 4.69) is 25.7 Å². The van der Waals surface area contributed by atoms with E-state index in [0.717, 1.165) is 5.82 Å². The smallest absolute Gasteiger partial charge is 0.223 e. The van der Waals surface area contributed by atoms with Crippen LogP contribution in [0.2, 0.25) is 0 Å². The third kappa shape index (κ3) is 2.04. The Kier molecular flexibility index (Phi) is 2.58. The van der Waals surface area contributed by atoms with Gasteiger partial charge in [-0.15, -0.1) is 5.10 Å². The highest BCUT2D eigenvalue weighted by Crippen LogP contribution is 2.32. The molecule has 0 saturated heterocycles. The molecule has 0 atom stereocenters. The van der Waals surface area contributed by atoms with Gasteiger partial charge in [0.2, 0.25) is 5.89 Å². The van der Waals surface area contributed by atoms with Crippen LogP contribution in [-0.2, 0) is 6.54 Å². The van der Waals surface area contributed by atoms with Crippen LogP contribution in [-0.4, -0.2) is 30.3 Å². The summed E-state index contributed by atoms with van der Waals surface area (Å²) in [6.07, 6.45) is 4.87. The van der Waals surface area contributed by atoms with Crippen LogP contribution in [0, 0.1) is 6.92 Å². The fraction of sp³-hybridized carbons (Fsp3) is 0.700. The third-order valence-corrected chi connectivity index (χ3v) is 3.14. The molecule has 7 nitrogen and oxygen atoms in total. The van der Waals surface area contributed by atoms with Crippen LogP contribution in [0.3, 0.4) is 0 Å². The number of rotatable bonds is 3. The van der Waals surface area contributed by atoms with Crippen LogP contribution < -0.4 is 0 Å². The van der Waals surface area contributed by atoms with Gasteiger partial charge in [0.15, 0.2) is 11.6 Å². The highest BCUT2D eigenvalue weighted by Gasteiger charge is 2.23. The first-order chi connectivity index (χ1) is 8.33. The van der Waals surface area contributed by atoms with Crippen molar-refractivity contribution in [1.29, 1.82) is 0 Å². The SMILES string of the molecule is Cc1nc(Cn2nnnc2C2CCCC2)no1. The predicted octanol–water partition coefficient (Wildman–Crippen LogP) is 1.07. The molecule has 2 aromatic rings. The summed E-state index contributed by atoms with van der Waals surface area (Å²) in [4.78, 5) is 4.16. The Morgan fingerprint density at radius 2 is 2.18 bits per heavy atom. The van der Waals surface area contributed by atoms with Crippen molar-refractivity contribution in [2.75, 3.05) is 0 Å². The van der Waals surface area contributed by atoms with Crippen molar-refractivity contribution < 1.29 is 4.52 Å². The molecule has 7 heteroatoms. The fourth-order valence-corrected chi connectivity index (χ4v) is 2.34. The minimum absolute atomic E-state index is 0.482. The molecule has 0 amide bonds. The zero-order valence-electron chi connectivity index (χ0n) is 9.70. The average Bonchev–Trinajstić information content (AvgIpc) is 3.00. The van der Waals surface area contributed by atoms with Crippen LogP contribution >= 0.6 is 0 Å². The highest BCUT2D eigenvalue weighted by atomic mass is 16.5. The molecule has 0 aliphatic heterocycles. The number of aromatic nitrogens is 6. The fourth-order valence-electron chi connectivity index (χ4n) is 2.34. The lowest BCUT2D eigenvalue weighted by Crippen LogP contribution is -2.10. The van der Waals surface area contributed by atoms with E-state index in [0.29, 0.717) is 24.2 Å². The number of hydrogen-bond donors (Lipinski definition) is 0. The summed E-state index contributed by atoms with van der Waals surface area (Å²) in [6.45, 7) is 2.25. The highest BCUT2D eigenvalue weighted by molar-refractivity contribution is 4.98. The van der Waals surface area contributed by atoms with E-state index >= 15 is 0 Å². The predicted molar refractivity (Wildman–Crippen MR) is 57.2 cm³/mol. The first-order valence-corrected chi connectivity index (χ1v) is 5.88. The van der Waals surface area contributed by atoms with Crippen LogP contribution in [0.4, 0.5) is 0 Å². The second-order valence-corrected chi connectivity index (χ2v) is 4.41. The largest absolute Gasteiger partial charge is 0.340 e. The van der Waals surface area contributed by atoms with E-state index in [1.54, 1.807) is 11.6 Å². The molecule has 3 rings (SSSR count). The minimum atomic E-state index is 0.482. The summed E-state index contributed by atoms with van der Waals surface area (Å²) in [5.41, 5.74) is 0. The molecule has 90 valence electrons. The van der Waals surface area contributed by atoms with Crippen molar-refractivity contribution in [2.45, 2.75) is 45.1 Å². The molecule has 1 fully saturated rings. The van der Waals surface area contributed by atoms with E-state index in [1.807, 2.05) is 0 Å². The average molecular weight is 234 g/mol. The summed E-state index contributed by atoms with van der Waals surface area (Å²) in [7, 11) is 0. The quantitative estimate of drug-likeness (QED) is 0.790. The van der Waals surface area contributed by atoms with Crippen LogP contribution in [0.25, 0.3) is 0 Å². The summed E-state index contributed by atoms with van der Waals surface area (Å²) < 4.78 is 6.71. The van der Waals surface area contributed by atoms with Gasteiger partial charge in [-0.1, -0.05) is 18.0 Å². The van der Waals surface area contributed by atoms with Gasteiger partial charge in [-0.2, -0.15) is 4.98 Å². The monoisotopic (exact) mass is 234 g/mol. The van der Waals surface area contributed by atoms with E-state index < -0.39 is 0 Å². The van der Waals surface area contributed by atoms with Gasteiger partial charge in [0.05, 0.1) is 0 Å². The molecule has 2 aromatic heterocycles. The molecule has 0 unspecified atom stereocenters. The number of aryl methyl sites for hydroxylation is 1. The van der Waals surface area contributed by atoms with E-state index in [4.69, 9.17) is 4.52 Å². The van der Waals surface area contributed by atoms with E-state index in [1.165, 1.54) is 25.7 Å². The maximum atomic E-state index is 4.94. The Bertz CT molecular complexity index is 498. The Balaban J connectivity index is 1.81. The second kappa shape index (κ2) is 4.23. The summed E-state index contributed by atoms with van der Waals surface area (Å²) in [5.74, 6) is 2.62. The molecular weight excluding hydrogens is 220 g/mol. The van der Waals surface area contributed by atoms with E-state index in [-0.39, 0.29) is 0 Å². The lowest BCUT2D eigenvalue weighted by atomic mass is 10.1. The normalized spacial score (nSPS) is 16.8. The van der Waals surface area contributed by atoms with Gasteiger partial charge in [0, 0.05) is 12.8 Å². The van der Waals surface area contributed by atoms with Gasteiger partial charge in [0.25, 0.3) is 0 Å². The van der Waals surface area contributed by atoms with Crippen molar-refractivity contribution in [3.8, 4) is 0 Å². The molecule has 0 radical (unpaired) electrons.